The van der Waals surface area contributed by atoms with E-state index in [0.717, 1.165) is 11.1 Å². The topological polar surface area (TPSA) is 37.3 Å². The normalized spacial score (nSPS) is 11.1. The summed E-state index contributed by atoms with van der Waals surface area (Å²) in [6.07, 6.45) is 0. The van der Waals surface area contributed by atoms with E-state index in [4.69, 9.17) is 0 Å². The van der Waals surface area contributed by atoms with Crippen LogP contribution in [0.5, 0.6) is 0 Å². The van der Waals surface area contributed by atoms with Gasteiger partial charge in [-0.1, -0.05) is 45.9 Å². The summed E-state index contributed by atoms with van der Waals surface area (Å²) < 4.78 is 0. The van der Waals surface area contributed by atoms with E-state index in [1.165, 1.54) is 0 Å². The molecule has 0 aromatic heterocycles. The molecule has 15 heavy (non-hydrogen) atoms. The van der Waals surface area contributed by atoms with Gasteiger partial charge in [-0.05, 0) is 23.0 Å². The van der Waals surface area contributed by atoms with Gasteiger partial charge in [-0.2, -0.15) is 0 Å². The summed E-state index contributed by atoms with van der Waals surface area (Å²) in [5, 5.41) is 9.24. The van der Waals surface area contributed by atoms with Gasteiger partial charge in [0, 0.05) is 0 Å². The van der Waals surface area contributed by atoms with Gasteiger partial charge in [0.25, 0.3) is 0 Å². The first-order valence-corrected chi connectivity index (χ1v) is 5.31. The van der Waals surface area contributed by atoms with Crippen molar-refractivity contribution in [2.45, 2.75) is 39.5 Å². The molecule has 0 aliphatic heterocycles. The maximum Gasteiger partial charge on any atom is 0.336 e. The SMILES string of the molecule is CC(C)c1cccc(C(C)C)c1C(=O)O. The van der Waals surface area contributed by atoms with Crippen LogP contribution in [0.25, 0.3) is 0 Å². The van der Waals surface area contributed by atoms with Crippen LogP contribution < -0.4 is 0 Å². The van der Waals surface area contributed by atoms with Gasteiger partial charge in [-0.25, -0.2) is 4.79 Å². The van der Waals surface area contributed by atoms with Crippen molar-refractivity contribution < 1.29 is 9.90 Å². The highest BCUT2D eigenvalue weighted by Gasteiger charge is 2.18. The van der Waals surface area contributed by atoms with Gasteiger partial charge in [-0.15, -0.1) is 0 Å². The van der Waals surface area contributed by atoms with Crippen LogP contribution in [0.2, 0.25) is 0 Å². The Labute approximate surface area is 90.9 Å². The zero-order chi connectivity index (χ0) is 11.6. The highest BCUT2D eigenvalue weighted by molar-refractivity contribution is 5.91. The second-order valence-corrected chi connectivity index (χ2v) is 4.43. The van der Waals surface area contributed by atoms with Crippen LogP contribution in [0, 0.1) is 0 Å². The van der Waals surface area contributed by atoms with Crippen molar-refractivity contribution in [3.63, 3.8) is 0 Å². The number of rotatable bonds is 3. The molecular weight excluding hydrogens is 188 g/mol. The van der Waals surface area contributed by atoms with Crippen molar-refractivity contribution >= 4 is 5.97 Å². The molecule has 82 valence electrons. The highest BCUT2D eigenvalue weighted by Crippen LogP contribution is 2.27. The molecular formula is C13H18O2. The molecule has 0 atom stereocenters. The third-order valence-electron chi connectivity index (χ3n) is 2.59. The molecule has 2 nitrogen and oxygen atoms in total. The van der Waals surface area contributed by atoms with Crippen LogP contribution in [0.4, 0.5) is 0 Å². The third kappa shape index (κ3) is 2.38. The standard InChI is InChI=1S/C13H18O2/c1-8(2)10-6-5-7-11(9(3)4)12(10)13(14)15/h5-9H,1-4H3,(H,14,15). The second kappa shape index (κ2) is 4.47. The summed E-state index contributed by atoms with van der Waals surface area (Å²) in [6, 6.07) is 5.75. The van der Waals surface area contributed by atoms with E-state index in [1.807, 2.05) is 45.9 Å². The number of hydrogen-bond donors (Lipinski definition) is 1. The Balaban J connectivity index is 3.42. The van der Waals surface area contributed by atoms with Gasteiger partial charge in [-0.3, -0.25) is 0 Å². The molecule has 0 bridgehead atoms. The van der Waals surface area contributed by atoms with Gasteiger partial charge < -0.3 is 5.11 Å². The number of carboxylic acid groups (broad SMARTS) is 1. The molecule has 1 aromatic carbocycles. The Kier molecular flexibility index (Phi) is 3.51. The zero-order valence-corrected chi connectivity index (χ0v) is 9.74. The maximum absolute atomic E-state index is 11.3. The predicted molar refractivity (Wildman–Crippen MR) is 61.6 cm³/mol. The lowest BCUT2D eigenvalue weighted by atomic mass is 9.89. The minimum absolute atomic E-state index is 0.245. The number of carbonyl (C=O) groups is 1. The van der Waals surface area contributed by atoms with E-state index in [1.54, 1.807) is 0 Å². The monoisotopic (exact) mass is 206 g/mol. The molecule has 0 saturated heterocycles. The number of benzene rings is 1. The smallest absolute Gasteiger partial charge is 0.336 e. The number of hydrogen-bond acceptors (Lipinski definition) is 1. The van der Waals surface area contributed by atoms with Crippen molar-refractivity contribution in [1.82, 2.24) is 0 Å². The molecule has 0 saturated carbocycles. The summed E-state index contributed by atoms with van der Waals surface area (Å²) >= 11 is 0. The van der Waals surface area contributed by atoms with E-state index < -0.39 is 5.97 Å². The largest absolute Gasteiger partial charge is 0.478 e. The van der Waals surface area contributed by atoms with E-state index in [0.29, 0.717) is 5.56 Å². The zero-order valence-electron chi connectivity index (χ0n) is 9.74. The van der Waals surface area contributed by atoms with E-state index in [2.05, 4.69) is 0 Å². The Hall–Kier alpha value is -1.31. The van der Waals surface area contributed by atoms with Crippen LogP contribution in [-0.2, 0) is 0 Å². The minimum Gasteiger partial charge on any atom is -0.478 e. The fraction of sp³-hybridized carbons (Fsp3) is 0.462. The van der Waals surface area contributed by atoms with Crippen molar-refractivity contribution in [3.8, 4) is 0 Å². The lowest BCUT2D eigenvalue weighted by molar-refractivity contribution is 0.0693. The van der Waals surface area contributed by atoms with Gasteiger partial charge in [0.1, 0.15) is 0 Å². The molecule has 1 rings (SSSR count). The van der Waals surface area contributed by atoms with Gasteiger partial charge in [0.2, 0.25) is 0 Å². The Bertz CT molecular complexity index is 339. The third-order valence-corrected chi connectivity index (χ3v) is 2.59. The second-order valence-electron chi connectivity index (χ2n) is 4.43. The van der Waals surface area contributed by atoms with Crippen molar-refractivity contribution in [2.75, 3.05) is 0 Å². The molecule has 0 aliphatic rings. The lowest BCUT2D eigenvalue weighted by Crippen LogP contribution is -2.09. The molecule has 0 unspecified atom stereocenters. The quantitative estimate of drug-likeness (QED) is 0.819. The molecule has 0 aliphatic carbocycles. The van der Waals surface area contributed by atoms with Crippen LogP contribution >= 0.6 is 0 Å². The van der Waals surface area contributed by atoms with E-state index >= 15 is 0 Å². The van der Waals surface area contributed by atoms with Crippen LogP contribution in [0.3, 0.4) is 0 Å². The van der Waals surface area contributed by atoms with Crippen LogP contribution in [0.15, 0.2) is 18.2 Å². The number of aromatic carboxylic acids is 1. The molecule has 0 fully saturated rings. The summed E-state index contributed by atoms with van der Waals surface area (Å²) in [6.45, 7) is 8.08. The molecule has 0 amide bonds. The maximum atomic E-state index is 11.3. The van der Waals surface area contributed by atoms with E-state index in [9.17, 15) is 9.90 Å². The molecule has 0 radical (unpaired) electrons. The molecule has 0 spiro atoms. The molecule has 1 aromatic rings. The average Bonchev–Trinajstić information content (AvgIpc) is 2.16. The van der Waals surface area contributed by atoms with Crippen LogP contribution in [-0.4, -0.2) is 11.1 Å². The number of carboxylic acids is 1. The van der Waals surface area contributed by atoms with Gasteiger partial charge in [0.05, 0.1) is 5.56 Å². The Morgan fingerprint density at radius 1 is 1.07 bits per heavy atom. The minimum atomic E-state index is -0.817. The summed E-state index contributed by atoms with van der Waals surface area (Å²) in [4.78, 5) is 11.3. The Morgan fingerprint density at radius 3 is 1.73 bits per heavy atom. The van der Waals surface area contributed by atoms with Gasteiger partial charge in [0.15, 0.2) is 0 Å². The average molecular weight is 206 g/mol. The summed E-state index contributed by atoms with van der Waals surface area (Å²) in [7, 11) is 0. The predicted octanol–water partition coefficient (Wildman–Crippen LogP) is 3.63. The first-order valence-electron chi connectivity index (χ1n) is 5.31. The fourth-order valence-corrected chi connectivity index (χ4v) is 1.80. The van der Waals surface area contributed by atoms with Crippen LogP contribution in [0.1, 0.15) is 61.0 Å². The summed E-state index contributed by atoms with van der Waals surface area (Å²) in [5.41, 5.74) is 2.34. The van der Waals surface area contributed by atoms with Crippen molar-refractivity contribution in [1.29, 1.82) is 0 Å². The van der Waals surface area contributed by atoms with Gasteiger partial charge >= 0.3 is 5.97 Å². The van der Waals surface area contributed by atoms with E-state index in [-0.39, 0.29) is 11.8 Å². The first-order chi connectivity index (χ1) is 6.95. The molecule has 1 N–H and O–H groups in total. The fourth-order valence-electron chi connectivity index (χ4n) is 1.80. The summed E-state index contributed by atoms with van der Waals surface area (Å²) in [5.74, 6) is -0.326. The van der Waals surface area contributed by atoms with Crippen molar-refractivity contribution in [2.24, 2.45) is 0 Å². The lowest BCUT2D eigenvalue weighted by Gasteiger charge is -2.16. The first kappa shape index (κ1) is 11.8. The highest BCUT2D eigenvalue weighted by atomic mass is 16.4. The van der Waals surface area contributed by atoms with Crippen molar-refractivity contribution in [3.05, 3.63) is 34.9 Å². The molecule has 2 heteroatoms. The molecule has 0 heterocycles. The Morgan fingerprint density at radius 2 is 1.47 bits per heavy atom.